The summed E-state index contributed by atoms with van der Waals surface area (Å²) in [5, 5.41) is 14.5. The zero-order chi connectivity index (χ0) is 20.8. The molecular formula is C23H30N2O4. The van der Waals surface area contributed by atoms with E-state index in [4.69, 9.17) is 4.74 Å². The summed E-state index contributed by atoms with van der Waals surface area (Å²) in [6.07, 6.45) is 6.46. The molecule has 6 nitrogen and oxygen atoms in total. The molecule has 2 saturated carbocycles. The topological polar surface area (TPSA) is 81.5 Å². The van der Waals surface area contributed by atoms with Crippen LogP contribution in [0.25, 0.3) is 0 Å². The lowest BCUT2D eigenvalue weighted by atomic mass is 9.44. The maximum Gasteiger partial charge on any atom is 0.283 e. The Morgan fingerprint density at radius 1 is 1.24 bits per heavy atom. The third-order valence-corrected chi connectivity index (χ3v) is 8.94. The number of amides is 1. The van der Waals surface area contributed by atoms with E-state index in [0.29, 0.717) is 23.9 Å². The van der Waals surface area contributed by atoms with E-state index in [2.05, 4.69) is 33.0 Å². The average Bonchev–Trinajstić information content (AvgIpc) is 3.02. The van der Waals surface area contributed by atoms with Crippen molar-refractivity contribution in [1.82, 2.24) is 5.32 Å². The normalized spacial score (nSPS) is 36.8. The van der Waals surface area contributed by atoms with Crippen LogP contribution in [0.2, 0.25) is 0 Å². The number of hydrogen-bond acceptors (Lipinski definition) is 4. The van der Waals surface area contributed by atoms with Gasteiger partial charge in [0.2, 0.25) is 0 Å². The Kier molecular flexibility index (Phi) is 3.73. The summed E-state index contributed by atoms with van der Waals surface area (Å²) in [7, 11) is 0. The van der Waals surface area contributed by atoms with Crippen LogP contribution in [0, 0.1) is 32.8 Å². The van der Waals surface area contributed by atoms with Crippen molar-refractivity contribution in [3.8, 4) is 5.75 Å². The molecule has 1 aromatic rings. The molecule has 5 rings (SSSR count). The van der Waals surface area contributed by atoms with Crippen molar-refractivity contribution < 1.29 is 14.5 Å². The van der Waals surface area contributed by atoms with Gasteiger partial charge in [-0.1, -0.05) is 27.7 Å². The molecule has 0 unspecified atom stereocenters. The molecule has 2 aliphatic carbocycles. The number of carbonyl (C=O) groups excluding carboxylic acids is 1. The fourth-order valence-corrected chi connectivity index (χ4v) is 7.23. The standard InChI is InChI=1S/C23H30N2O4/c1-13-6-7-17-21(2,3)8-5-9-23(17)22(13,4)11-14-10-16(25(27)28)18-15(19(14)29-23)12-24-20(18)26/h10,13,17H,5-9,11-12H2,1-4H3,(H,24,26)/t13-,17-,22+,23-/m0/s1. The molecule has 1 spiro atoms. The summed E-state index contributed by atoms with van der Waals surface area (Å²) >= 11 is 0. The van der Waals surface area contributed by atoms with Crippen LogP contribution in [0.3, 0.4) is 0 Å². The molecule has 2 fully saturated rings. The van der Waals surface area contributed by atoms with Gasteiger partial charge in [0.25, 0.3) is 11.6 Å². The van der Waals surface area contributed by atoms with E-state index in [9.17, 15) is 14.9 Å². The lowest BCUT2D eigenvalue weighted by molar-refractivity contribution is -0.385. The molecule has 0 aromatic heterocycles. The van der Waals surface area contributed by atoms with Gasteiger partial charge in [0.15, 0.2) is 0 Å². The molecule has 156 valence electrons. The zero-order valence-corrected chi connectivity index (χ0v) is 17.8. The van der Waals surface area contributed by atoms with Gasteiger partial charge in [-0.25, -0.2) is 0 Å². The first-order valence-corrected chi connectivity index (χ1v) is 10.9. The highest BCUT2D eigenvalue weighted by Gasteiger charge is 2.66. The fourth-order valence-electron chi connectivity index (χ4n) is 7.23. The monoisotopic (exact) mass is 398 g/mol. The molecule has 1 N–H and O–H groups in total. The van der Waals surface area contributed by atoms with E-state index in [1.54, 1.807) is 6.07 Å². The fraction of sp³-hybridized carbons (Fsp3) is 0.696. The number of nitrogens with one attached hydrogen (secondary N) is 1. The van der Waals surface area contributed by atoms with Gasteiger partial charge >= 0.3 is 0 Å². The van der Waals surface area contributed by atoms with Crippen molar-refractivity contribution in [3.63, 3.8) is 0 Å². The van der Waals surface area contributed by atoms with Crippen LogP contribution < -0.4 is 10.1 Å². The van der Waals surface area contributed by atoms with Crippen LogP contribution in [0.1, 0.15) is 81.3 Å². The highest BCUT2D eigenvalue weighted by molar-refractivity contribution is 6.03. The molecule has 4 aliphatic rings. The Morgan fingerprint density at radius 2 is 2.00 bits per heavy atom. The quantitative estimate of drug-likeness (QED) is 0.545. The predicted molar refractivity (Wildman–Crippen MR) is 109 cm³/mol. The molecule has 0 bridgehead atoms. The molecule has 2 aliphatic heterocycles. The number of hydrogen-bond donors (Lipinski definition) is 1. The molecule has 2 heterocycles. The molecule has 0 radical (unpaired) electrons. The summed E-state index contributed by atoms with van der Waals surface area (Å²) in [5.74, 6) is 1.32. The zero-order valence-electron chi connectivity index (χ0n) is 17.8. The van der Waals surface area contributed by atoms with E-state index in [1.165, 1.54) is 6.42 Å². The van der Waals surface area contributed by atoms with Crippen molar-refractivity contribution in [2.45, 2.75) is 78.4 Å². The summed E-state index contributed by atoms with van der Waals surface area (Å²) in [6, 6.07) is 1.61. The third-order valence-electron chi connectivity index (χ3n) is 8.94. The first-order chi connectivity index (χ1) is 13.6. The third kappa shape index (κ3) is 2.26. The second-order valence-corrected chi connectivity index (χ2v) is 10.6. The van der Waals surface area contributed by atoms with E-state index in [1.807, 2.05) is 0 Å². The SMILES string of the molecule is C[C@H]1CC[C@H]2C(C)(C)CCC[C@]23Oc2c(cc([N+](=O)[O-])c4c2CNC4=O)C[C@]13C. The molecule has 29 heavy (non-hydrogen) atoms. The van der Waals surface area contributed by atoms with Gasteiger partial charge in [-0.15, -0.1) is 0 Å². The molecule has 1 amide bonds. The van der Waals surface area contributed by atoms with Crippen LogP contribution in [0.15, 0.2) is 6.07 Å². The van der Waals surface area contributed by atoms with Crippen molar-refractivity contribution in [1.29, 1.82) is 0 Å². The van der Waals surface area contributed by atoms with Crippen LogP contribution in [0.5, 0.6) is 5.75 Å². The Balaban J connectivity index is 1.74. The summed E-state index contributed by atoms with van der Waals surface area (Å²) in [6.45, 7) is 9.73. The summed E-state index contributed by atoms with van der Waals surface area (Å²) in [5.41, 5.74) is 1.57. The van der Waals surface area contributed by atoms with E-state index in [-0.39, 0.29) is 33.6 Å². The van der Waals surface area contributed by atoms with E-state index >= 15 is 0 Å². The van der Waals surface area contributed by atoms with Gasteiger partial charge in [-0.05, 0) is 49.9 Å². The minimum atomic E-state index is -0.423. The number of ether oxygens (including phenoxy) is 1. The number of carbonyl (C=O) groups is 1. The highest BCUT2D eigenvalue weighted by Crippen LogP contribution is 2.66. The summed E-state index contributed by atoms with van der Waals surface area (Å²) in [4.78, 5) is 23.7. The largest absolute Gasteiger partial charge is 0.486 e. The summed E-state index contributed by atoms with van der Waals surface area (Å²) < 4.78 is 7.05. The van der Waals surface area contributed by atoms with Crippen LogP contribution in [-0.4, -0.2) is 16.4 Å². The Hall–Kier alpha value is -2.11. The van der Waals surface area contributed by atoms with Crippen molar-refractivity contribution in [2.24, 2.45) is 22.7 Å². The highest BCUT2D eigenvalue weighted by atomic mass is 16.6. The lowest BCUT2D eigenvalue weighted by Crippen LogP contribution is -2.68. The molecular weight excluding hydrogens is 368 g/mol. The first kappa shape index (κ1) is 18.9. The van der Waals surface area contributed by atoms with Crippen LogP contribution >= 0.6 is 0 Å². The van der Waals surface area contributed by atoms with Crippen molar-refractivity contribution >= 4 is 11.6 Å². The van der Waals surface area contributed by atoms with Crippen molar-refractivity contribution in [2.75, 3.05) is 0 Å². The van der Waals surface area contributed by atoms with Gasteiger partial charge in [-0.3, -0.25) is 14.9 Å². The minimum Gasteiger partial charge on any atom is -0.486 e. The van der Waals surface area contributed by atoms with Gasteiger partial charge in [0.1, 0.15) is 16.9 Å². The van der Waals surface area contributed by atoms with E-state index < -0.39 is 4.92 Å². The average molecular weight is 399 g/mol. The maximum atomic E-state index is 12.4. The number of fused-ring (bicyclic) bond motifs is 3. The lowest BCUT2D eigenvalue weighted by Gasteiger charge is -2.66. The van der Waals surface area contributed by atoms with Gasteiger partial charge < -0.3 is 10.1 Å². The number of nitrogens with zero attached hydrogens (tertiary/aromatic N) is 1. The number of benzene rings is 1. The Bertz CT molecular complexity index is 939. The second kappa shape index (κ2) is 5.73. The molecule has 4 atom stereocenters. The maximum absolute atomic E-state index is 12.4. The van der Waals surface area contributed by atoms with Gasteiger partial charge in [-0.2, -0.15) is 0 Å². The first-order valence-electron chi connectivity index (χ1n) is 10.9. The molecule has 0 saturated heterocycles. The van der Waals surface area contributed by atoms with Gasteiger partial charge in [0.05, 0.1) is 4.92 Å². The number of rotatable bonds is 1. The predicted octanol–water partition coefficient (Wildman–Crippen LogP) is 4.77. The smallest absolute Gasteiger partial charge is 0.283 e. The molecule has 6 heteroatoms. The number of nitro benzene ring substituents is 1. The minimum absolute atomic E-state index is 0.0707. The van der Waals surface area contributed by atoms with Crippen molar-refractivity contribution in [3.05, 3.63) is 32.9 Å². The second-order valence-electron chi connectivity index (χ2n) is 10.6. The van der Waals surface area contributed by atoms with Crippen LogP contribution in [-0.2, 0) is 13.0 Å². The Labute approximate surface area is 171 Å². The number of nitro groups is 1. The van der Waals surface area contributed by atoms with Crippen LogP contribution in [0.4, 0.5) is 5.69 Å². The molecule has 1 aromatic carbocycles. The Morgan fingerprint density at radius 3 is 2.72 bits per heavy atom. The van der Waals surface area contributed by atoms with Gasteiger partial charge in [0, 0.05) is 35.1 Å². The van der Waals surface area contributed by atoms with E-state index in [0.717, 1.165) is 43.4 Å².